The number of hydrogen-bond acceptors (Lipinski definition) is 4. The Hall–Kier alpha value is -1.47. The highest BCUT2D eigenvalue weighted by Crippen LogP contribution is 2.25. The molecule has 0 bridgehead atoms. The molecule has 0 radical (unpaired) electrons. The zero-order valence-corrected chi connectivity index (χ0v) is 13.9. The highest BCUT2D eigenvalue weighted by Gasteiger charge is 2.08. The van der Waals surface area contributed by atoms with Crippen LogP contribution in [0.1, 0.15) is 0 Å². The van der Waals surface area contributed by atoms with E-state index < -0.39 is 6.10 Å². The largest absolute Gasteiger partial charge is 0.493 e. The Morgan fingerprint density at radius 3 is 2.48 bits per heavy atom. The first-order valence-electron chi connectivity index (χ1n) is 6.63. The molecule has 1 unspecified atom stereocenters. The second-order valence-corrected chi connectivity index (χ2v) is 5.64. The van der Waals surface area contributed by atoms with Crippen molar-refractivity contribution in [1.82, 2.24) is 0 Å². The molecule has 2 N–H and O–H groups in total. The van der Waals surface area contributed by atoms with Gasteiger partial charge in [0.2, 0.25) is 0 Å². The van der Waals surface area contributed by atoms with Gasteiger partial charge in [-0.05, 0) is 46.9 Å². The number of para-hydroxylation sites is 3. The van der Waals surface area contributed by atoms with Crippen molar-refractivity contribution < 1.29 is 14.6 Å². The van der Waals surface area contributed by atoms with Crippen LogP contribution >= 0.6 is 22.6 Å². The number of halogens is 1. The number of anilines is 1. The molecular weight excluding hydrogens is 381 g/mol. The molecule has 1 atom stereocenters. The van der Waals surface area contributed by atoms with E-state index in [4.69, 9.17) is 9.47 Å². The van der Waals surface area contributed by atoms with E-state index >= 15 is 0 Å². The van der Waals surface area contributed by atoms with Crippen molar-refractivity contribution in [2.75, 3.05) is 25.6 Å². The lowest BCUT2D eigenvalue weighted by Gasteiger charge is -2.16. The van der Waals surface area contributed by atoms with E-state index in [2.05, 4.69) is 27.9 Å². The molecule has 0 aromatic heterocycles. The topological polar surface area (TPSA) is 50.7 Å². The Balaban J connectivity index is 1.82. The Morgan fingerprint density at radius 1 is 1.10 bits per heavy atom. The van der Waals surface area contributed by atoms with E-state index in [9.17, 15) is 5.11 Å². The van der Waals surface area contributed by atoms with E-state index in [1.54, 1.807) is 7.11 Å². The van der Waals surface area contributed by atoms with Crippen molar-refractivity contribution in [3.8, 4) is 11.5 Å². The Kier molecular flexibility index (Phi) is 6.13. The Morgan fingerprint density at radius 2 is 1.76 bits per heavy atom. The fraction of sp³-hybridized carbons (Fsp3) is 0.250. The van der Waals surface area contributed by atoms with Crippen LogP contribution in [0.2, 0.25) is 0 Å². The number of ether oxygens (including phenoxy) is 2. The summed E-state index contributed by atoms with van der Waals surface area (Å²) in [5, 5.41) is 13.2. The molecule has 0 fully saturated rings. The molecule has 112 valence electrons. The van der Waals surface area contributed by atoms with Crippen LogP contribution in [-0.2, 0) is 0 Å². The molecule has 21 heavy (non-hydrogen) atoms. The van der Waals surface area contributed by atoms with Gasteiger partial charge in [-0.25, -0.2) is 0 Å². The van der Waals surface area contributed by atoms with Crippen molar-refractivity contribution in [2.24, 2.45) is 0 Å². The lowest BCUT2D eigenvalue weighted by molar-refractivity contribution is 0.115. The van der Waals surface area contributed by atoms with Crippen LogP contribution in [0.4, 0.5) is 5.69 Å². The maximum atomic E-state index is 10.00. The highest BCUT2D eigenvalue weighted by molar-refractivity contribution is 14.1. The molecule has 2 aromatic carbocycles. The van der Waals surface area contributed by atoms with Gasteiger partial charge in [-0.3, -0.25) is 0 Å². The van der Waals surface area contributed by atoms with Gasteiger partial charge in [0.1, 0.15) is 12.7 Å². The maximum absolute atomic E-state index is 10.00. The average Bonchev–Trinajstić information content (AvgIpc) is 2.52. The molecule has 0 heterocycles. The number of aliphatic hydroxyl groups excluding tert-OH is 1. The first kappa shape index (κ1) is 15.9. The Bertz CT molecular complexity index is 577. The van der Waals surface area contributed by atoms with Crippen LogP contribution < -0.4 is 14.8 Å². The maximum Gasteiger partial charge on any atom is 0.161 e. The van der Waals surface area contributed by atoms with Crippen LogP contribution in [0.15, 0.2) is 48.5 Å². The second kappa shape index (κ2) is 8.09. The van der Waals surface area contributed by atoms with Crippen LogP contribution in [0.3, 0.4) is 0 Å². The number of hydrogen-bond donors (Lipinski definition) is 2. The third-order valence-corrected chi connectivity index (χ3v) is 3.84. The number of nitrogens with one attached hydrogen (secondary N) is 1. The van der Waals surface area contributed by atoms with Gasteiger partial charge >= 0.3 is 0 Å². The third kappa shape index (κ3) is 4.78. The molecule has 0 aliphatic rings. The molecule has 0 amide bonds. The van der Waals surface area contributed by atoms with Gasteiger partial charge in [-0.2, -0.15) is 0 Å². The summed E-state index contributed by atoms with van der Waals surface area (Å²) in [5.41, 5.74) is 1.01. The molecule has 0 saturated carbocycles. The second-order valence-electron chi connectivity index (χ2n) is 4.48. The van der Waals surface area contributed by atoms with Crippen molar-refractivity contribution in [1.29, 1.82) is 0 Å². The summed E-state index contributed by atoms with van der Waals surface area (Å²) < 4.78 is 11.9. The summed E-state index contributed by atoms with van der Waals surface area (Å²) in [4.78, 5) is 0. The van der Waals surface area contributed by atoms with Crippen LogP contribution in [0.5, 0.6) is 11.5 Å². The fourth-order valence-electron chi connectivity index (χ4n) is 1.82. The van der Waals surface area contributed by atoms with Crippen molar-refractivity contribution in [3.63, 3.8) is 0 Å². The lowest BCUT2D eigenvalue weighted by atomic mass is 10.3. The molecule has 4 nitrogen and oxygen atoms in total. The van der Waals surface area contributed by atoms with Gasteiger partial charge < -0.3 is 19.9 Å². The van der Waals surface area contributed by atoms with E-state index in [1.165, 1.54) is 0 Å². The molecule has 0 aliphatic heterocycles. The summed E-state index contributed by atoms with van der Waals surface area (Å²) in [6.07, 6.45) is -0.606. The number of methoxy groups -OCH3 is 1. The van der Waals surface area contributed by atoms with Crippen molar-refractivity contribution in [2.45, 2.75) is 6.10 Å². The fourth-order valence-corrected chi connectivity index (χ4v) is 2.39. The van der Waals surface area contributed by atoms with Gasteiger partial charge in [0.05, 0.1) is 7.11 Å². The molecule has 0 saturated heterocycles. The zero-order valence-electron chi connectivity index (χ0n) is 11.8. The minimum atomic E-state index is -0.606. The highest BCUT2D eigenvalue weighted by atomic mass is 127. The molecule has 0 aliphatic carbocycles. The van der Waals surface area contributed by atoms with Gasteiger partial charge in [0, 0.05) is 15.8 Å². The third-order valence-electron chi connectivity index (χ3n) is 2.90. The van der Waals surface area contributed by atoms with E-state index in [0.29, 0.717) is 18.0 Å². The summed E-state index contributed by atoms with van der Waals surface area (Å²) >= 11 is 2.26. The lowest BCUT2D eigenvalue weighted by Crippen LogP contribution is -2.26. The smallest absolute Gasteiger partial charge is 0.161 e. The summed E-state index contributed by atoms with van der Waals surface area (Å²) in [7, 11) is 1.59. The SMILES string of the molecule is COc1ccccc1OCC(O)CNc1ccccc1I. The average molecular weight is 399 g/mol. The number of rotatable bonds is 7. The Labute approximate surface area is 138 Å². The molecule has 0 spiro atoms. The quantitative estimate of drug-likeness (QED) is 0.703. The monoisotopic (exact) mass is 399 g/mol. The molecular formula is C16H18INO3. The van der Waals surface area contributed by atoms with Gasteiger partial charge in [-0.1, -0.05) is 24.3 Å². The van der Waals surface area contributed by atoms with E-state index in [0.717, 1.165) is 9.26 Å². The minimum absolute atomic E-state index is 0.205. The van der Waals surface area contributed by atoms with Crippen LogP contribution in [0.25, 0.3) is 0 Å². The predicted octanol–water partition coefficient (Wildman–Crippen LogP) is 3.15. The molecule has 2 rings (SSSR count). The molecule has 2 aromatic rings. The summed E-state index contributed by atoms with van der Waals surface area (Å²) in [6, 6.07) is 15.3. The van der Waals surface area contributed by atoms with Crippen LogP contribution in [-0.4, -0.2) is 31.5 Å². The van der Waals surface area contributed by atoms with Crippen molar-refractivity contribution in [3.05, 3.63) is 52.1 Å². The number of benzene rings is 2. The summed E-state index contributed by atoms with van der Waals surface area (Å²) in [6.45, 7) is 0.631. The first-order valence-corrected chi connectivity index (χ1v) is 7.71. The number of aliphatic hydroxyl groups is 1. The van der Waals surface area contributed by atoms with Gasteiger partial charge in [0.25, 0.3) is 0 Å². The summed E-state index contributed by atoms with van der Waals surface area (Å²) in [5.74, 6) is 1.30. The normalized spacial score (nSPS) is 11.8. The van der Waals surface area contributed by atoms with Crippen LogP contribution in [0, 0.1) is 3.57 Å². The molecule has 5 heteroatoms. The van der Waals surface area contributed by atoms with E-state index in [-0.39, 0.29) is 6.61 Å². The first-order chi connectivity index (χ1) is 10.2. The zero-order chi connectivity index (χ0) is 15.1. The van der Waals surface area contributed by atoms with E-state index in [1.807, 2.05) is 48.5 Å². The minimum Gasteiger partial charge on any atom is -0.493 e. The standard InChI is InChI=1S/C16H18INO3/c1-20-15-8-4-5-9-16(15)21-11-12(19)10-18-14-7-3-2-6-13(14)17/h2-9,12,18-19H,10-11H2,1H3. The van der Waals surface area contributed by atoms with Gasteiger partial charge in [0.15, 0.2) is 11.5 Å². The van der Waals surface area contributed by atoms with Gasteiger partial charge in [-0.15, -0.1) is 0 Å². The predicted molar refractivity (Wildman–Crippen MR) is 92.1 cm³/mol. The van der Waals surface area contributed by atoms with Crippen molar-refractivity contribution >= 4 is 28.3 Å².